The minimum atomic E-state index is -3.47. The minimum Gasteiger partial charge on any atom is -0.454 e. The average Bonchev–Trinajstić information content (AvgIpc) is 2.93. The van der Waals surface area contributed by atoms with E-state index in [1.54, 1.807) is 39.0 Å². The van der Waals surface area contributed by atoms with Crippen molar-refractivity contribution in [2.75, 3.05) is 19.6 Å². The molecule has 9 heteroatoms. The number of nitrogens with two attached hydrogens (primary N) is 1. The number of alkyl carbamates (subject to hydrolysis) is 1. The Balaban J connectivity index is 1.93. The van der Waals surface area contributed by atoms with Crippen molar-refractivity contribution in [1.82, 2.24) is 5.32 Å². The van der Waals surface area contributed by atoms with E-state index in [1.165, 1.54) is 0 Å². The van der Waals surface area contributed by atoms with Crippen molar-refractivity contribution >= 4 is 15.9 Å². The Morgan fingerprint density at radius 3 is 2.58 bits per heavy atom. The number of nitrogens with one attached hydrogen (secondary N) is 1. The summed E-state index contributed by atoms with van der Waals surface area (Å²) >= 11 is 0. The summed E-state index contributed by atoms with van der Waals surface area (Å²) in [7, 11) is -3.47. The zero-order valence-corrected chi connectivity index (χ0v) is 16.1. The Kier molecular flexibility index (Phi) is 4.35. The average molecular weight is 384 g/mol. The molecule has 3 rings (SSSR count). The number of ether oxygens (including phenoxy) is 3. The highest BCUT2D eigenvalue weighted by atomic mass is 32.2. The van der Waals surface area contributed by atoms with Crippen molar-refractivity contribution in [1.29, 1.82) is 0 Å². The van der Waals surface area contributed by atoms with Gasteiger partial charge in [0.2, 0.25) is 6.79 Å². The molecule has 1 heterocycles. The van der Waals surface area contributed by atoms with Crippen LogP contribution in [0.4, 0.5) is 4.79 Å². The summed E-state index contributed by atoms with van der Waals surface area (Å²) in [4.78, 5) is 12.3. The predicted molar refractivity (Wildman–Crippen MR) is 95.1 cm³/mol. The molecule has 0 radical (unpaired) electrons. The number of carbonyl (C=O) groups excluding carboxylic acids is 1. The molecule has 1 aromatic carbocycles. The summed E-state index contributed by atoms with van der Waals surface area (Å²) in [6, 6.07) is 5.23. The monoisotopic (exact) mass is 384 g/mol. The molecule has 3 atom stereocenters. The number of hydrogen-bond donors (Lipinski definition) is 2. The molecule has 1 fully saturated rings. The van der Waals surface area contributed by atoms with E-state index in [1.807, 2.05) is 0 Å². The first-order chi connectivity index (χ1) is 12.0. The lowest BCUT2D eigenvalue weighted by molar-refractivity contribution is 0.0497. The van der Waals surface area contributed by atoms with Crippen molar-refractivity contribution in [3.8, 4) is 11.5 Å². The number of amides is 1. The van der Waals surface area contributed by atoms with Crippen molar-refractivity contribution in [2.45, 2.75) is 43.1 Å². The summed E-state index contributed by atoms with van der Waals surface area (Å²) < 4.78 is 40.6. The van der Waals surface area contributed by atoms with Gasteiger partial charge < -0.3 is 25.3 Å². The number of rotatable bonds is 4. The third kappa shape index (κ3) is 3.33. The van der Waals surface area contributed by atoms with Crippen molar-refractivity contribution < 1.29 is 27.4 Å². The highest BCUT2D eigenvalue weighted by molar-refractivity contribution is 7.91. The Morgan fingerprint density at radius 2 is 2.00 bits per heavy atom. The molecular formula is C17H24N2O6S. The van der Waals surface area contributed by atoms with Crippen LogP contribution in [0.25, 0.3) is 0 Å². The number of benzene rings is 1. The van der Waals surface area contributed by atoms with Gasteiger partial charge in [0.05, 0.1) is 10.8 Å². The van der Waals surface area contributed by atoms with E-state index in [9.17, 15) is 13.2 Å². The second-order valence-electron chi connectivity index (χ2n) is 7.71. The van der Waals surface area contributed by atoms with Gasteiger partial charge in [0.25, 0.3) is 0 Å². The molecule has 144 valence electrons. The summed E-state index contributed by atoms with van der Waals surface area (Å²) in [6.07, 6.45) is 0.450. The van der Waals surface area contributed by atoms with Crippen LogP contribution in [0, 0.1) is 0 Å². The van der Waals surface area contributed by atoms with Crippen molar-refractivity contribution in [2.24, 2.45) is 5.73 Å². The van der Waals surface area contributed by atoms with Gasteiger partial charge in [0, 0.05) is 18.7 Å². The molecule has 0 bridgehead atoms. The van der Waals surface area contributed by atoms with Gasteiger partial charge in [-0.25, -0.2) is 13.2 Å². The Labute approximate surface area is 152 Å². The smallest absolute Gasteiger partial charge is 0.408 e. The summed E-state index contributed by atoms with van der Waals surface area (Å²) in [5, 5.41) is 1.87. The third-order valence-corrected chi connectivity index (χ3v) is 6.16. The highest BCUT2D eigenvalue weighted by Crippen LogP contribution is 2.56. The first-order valence-corrected chi connectivity index (χ1v) is 10.2. The molecule has 1 aliphatic carbocycles. The van der Waals surface area contributed by atoms with Crippen LogP contribution in [0.3, 0.4) is 0 Å². The summed E-state index contributed by atoms with van der Waals surface area (Å²) in [5.74, 6) is 0.651. The molecule has 0 aromatic heterocycles. The van der Waals surface area contributed by atoms with Crippen LogP contribution < -0.4 is 20.5 Å². The molecule has 1 aromatic rings. The largest absolute Gasteiger partial charge is 0.454 e. The fourth-order valence-corrected chi connectivity index (χ4v) is 5.43. The third-order valence-electron chi connectivity index (χ3n) is 4.54. The number of sulfone groups is 1. The molecule has 26 heavy (non-hydrogen) atoms. The van der Waals surface area contributed by atoms with Crippen LogP contribution in [-0.4, -0.2) is 50.5 Å². The molecular weight excluding hydrogens is 360 g/mol. The molecule has 8 nitrogen and oxygen atoms in total. The van der Waals surface area contributed by atoms with Crippen LogP contribution in [0.1, 0.15) is 32.3 Å². The van der Waals surface area contributed by atoms with Gasteiger partial charge in [-0.3, -0.25) is 0 Å². The van der Waals surface area contributed by atoms with Gasteiger partial charge in [-0.2, -0.15) is 0 Å². The topological polar surface area (TPSA) is 117 Å². The highest BCUT2D eigenvalue weighted by Gasteiger charge is 2.70. The number of carbonyl (C=O) groups is 1. The van der Waals surface area contributed by atoms with E-state index in [0.29, 0.717) is 17.1 Å². The van der Waals surface area contributed by atoms with Crippen LogP contribution in [0.2, 0.25) is 0 Å². The Bertz CT molecular complexity index is 832. The first-order valence-electron chi connectivity index (χ1n) is 8.27. The Morgan fingerprint density at radius 1 is 1.35 bits per heavy atom. The van der Waals surface area contributed by atoms with Crippen LogP contribution in [0.5, 0.6) is 11.5 Å². The van der Waals surface area contributed by atoms with Gasteiger partial charge >= 0.3 is 6.09 Å². The maximum atomic E-state index is 12.3. The molecule has 3 unspecified atom stereocenters. The van der Waals surface area contributed by atoms with Gasteiger partial charge in [-0.15, -0.1) is 0 Å². The first kappa shape index (κ1) is 18.8. The standard InChI is InChI=1S/C17H24N2O6S/c1-16(2,3)25-15(20)19-17(8-18)13(14(17)26(4,21)22)10-5-6-11-12(7-10)24-9-23-11/h5-7,13-14H,8-9,18H2,1-4H3,(H,19,20). The molecule has 0 saturated heterocycles. The van der Waals surface area contributed by atoms with E-state index in [4.69, 9.17) is 19.9 Å². The van der Waals surface area contributed by atoms with E-state index in [2.05, 4.69) is 5.32 Å². The van der Waals surface area contributed by atoms with Gasteiger partial charge in [0.15, 0.2) is 21.3 Å². The predicted octanol–water partition coefficient (Wildman–Crippen LogP) is 1.15. The maximum absolute atomic E-state index is 12.3. The summed E-state index contributed by atoms with van der Waals surface area (Å²) in [6.45, 7) is 5.29. The zero-order chi connectivity index (χ0) is 19.3. The fourth-order valence-electron chi connectivity index (χ4n) is 3.55. The van der Waals surface area contributed by atoms with Crippen molar-refractivity contribution in [3.05, 3.63) is 23.8 Å². The van der Waals surface area contributed by atoms with Gasteiger partial charge in [0.1, 0.15) is 5.60 Å². The lowest BCUT2D eigenvalue weighted by Gasteiger charge is -2.24. The summed E-state index contributed by atoms with van der Waals surface area (Å²) in [5.41, 5.74) is 4.81. The van der Waals surface area contributed by atoms with Crippen LogP contribution in [-0.2, 0) is 14.6 Å². The number of hydrogen-bond acceptors (Lipinski definition) is 7. The number of fused-ring (bicyclic) bond motifs is 1. The second-order valence-corrected chi connectivity index (χ2v) is 9.88. The van der Waals surface area contributed by atoms with E-state index < -0.39 is 38.2 Å². The van der Waals surface area contributed by atoms with Crippen LogP contribution in [0.15, 0.2) is 18.2 Å². The molecule has 0 spiro atoms. The van der Waals surface area contributed by atoms with Gasteiger partial charge in [-0.05, 0) is 38.5 Å². The SMILES string of the molecule is CC(C)(C)OC(=O)NC1(CN)C(c2ccc3c(c2)OCO3)C1S(C)(=O)=O. The molecule has 2 aliphatic rings. The molecule has 1 aliphatic heterocycles. The quantitative estimate of drug-likeness (QED) is 0.799. The lowest BCUT2D eigenvalue weighted by atomic mass is 10.1. The van der Waals surface area contributed by atoms with E-state index >= 15 is 0 Å². The van der Waals surface area contributed by atoms with E-state index in [0.717, 1.165) is 6.26 Å². The fraction of sp³-hybridized carbons (Fsp3) is 0.588. The maximum Gasteiger partial charge on any atom is 0.408 e. The second kappa shape index (κ2) is 6.02. The Hall–Kier alpha value is -2.00. The molecule has 1 amide bonds. The minimum absolute atomic E-state index is 0.0386. The normalized spacial score (nSPS) is 27.1. The van der Waals surface area contributed by atoms with Crippen molar-refractivity contribution in [3.63, 3.8) is 0 Å². The van der Waals surface area contributed by atoms with E-state index in [-0.39, 0.29) is 13.3 Å². The van der Waals surface area contributed by atoms with Crippen LogP contribution >= 0.6 is 0 Å². The molecule has 3 N–H and O–H groups in total. The molecule has 1 saturated carbocycles. The van der Waals surface area contributed by atoms with Gasteiger partial charge in [-0.1, -0.05) is 6.07 Å². The lowest BCUT2D eigenvalue weighted by Crippen LogP contribution is -2.48. The zero-order valence-electron chi connectivity index (χ0n) is 15.2.